The molecule has 25 heavy (non-hydrogen) atoms. The minimum Gasteiger partial charge on any atom is -0.356 e. The van der Waals surface area contributed by atoms with Gasteiger partial charge in [-0.1, -0.05) is 13.3 Å². The van der Waals surface area contributed by atoms with Crippen LogP contribution >= 0.6 is 23.1 Å². The van der Waals surface area contributed by atoms with Crippen LogP contribution in [0.1, 0.15) is 55.3 Å². The Kier molecular flexibility index (Phi) is 6.53. The number of hydrogen-bond acceptors (Lipinski definition) is 5. The highest BCUT2D eigenvalue weighted by molar-refractivity contribution is 7.98. The van der Waals surface area contributed by atoms with Gasteiger partial charge in [0, 0.05) is 23.6 Å². The van der Waals surface area contributed by atoms with Crippen LogP contribution in [0.25, 0.3) is 10.2 Å². The first-order valence-corrected chi connectivity index (χ1v) is 11.0. The first-order valence-electron chi connectivity index (χ1n) is 9.07. The van der Waals surface area contributed by atoms with Crippen LogP contribution in [-0.2, 0) is 23.4 Å². The number of carbonyl (C=O) groups is 1. The number of unbranched alkanes of at least 4 members (excludes halogenated alkanes) is 1. The van der Waals surface area contributed by atoms with E-state index in [1.165, 1.54) is 16.9 Å². The van der Waals surface area contributed by atoms with Gasteiger partial charge in [0.1, 0.15) is 10.7 Å². The third-order valence-corrected chi connectivity index (χ3v) is 6.59. The summed E-state index contributed by atoms with van der Waals surface area (Å²) in [7, 11) is 0. The predicted octanol–water partition coefficient (Wildman–Crippen LogP) is 3.40. The molecule has 0 aliphatic heterocycles. The topological polar surface area (TPSA) is 74.8 Å². The molecule has 3 rings (SSSR count). The standard InChI is InChI=1S/C18H25N3O2S2/c1-2-3-9-19-15(22)8-10-24-11-14-20-17(23)16-12-6-4-5-7-13(12)25-18(16)21-14/h2-11H2,1H3,(H,19,22)(H,20,21,23). The van der Waals surface area contributed by atoms with Crippen molar-refractivity contribution in [2.75, 3.05) is 12.3 Å². The lowest BCUT2D eigenvalue weighted by atomic mass is 9.97. The Hall–Kier alpha value is -1.34. The van der Waals surface area contributed by atoms with E-state index in [0.717, 1.165) is 54.6 Å². The molecule has 2 aromatic rings. The lowest BCUT2D eigenvalue weighted by molar-refractivity contribution is -0.120. The Morgan fingerprint density at radius 2 is 2.20 bits per heavy atom. The second-order valence-corrected chi connectivity index (χ2v) is 8.60. The van der Waals surface area contributed by atoms with E-state index in [1.807, 2.05) is 0 Å². The van der Waals surface area contributed by atoms with Crippen molar-refractivity contribution in [2.24, 2.45) is 0 Å². The maximum Gasteiger partial charge on any atom is 0.259 e. The van der Waals surface area contributed by atoms with Crippen LogP contribution in [0.4, 0.5) is 0 Å². The molecule has 0 atom stereocenters. The van der Waals surface area contributed by atoms with Crippen molar-refractivity contribution < 1.29 is 4.79 Å². The highest BCUT2D eigenvalue weighted by Gasteiger charge is 2.19. The fourth-order valence-electron chi connectivity index (χ4n) is 3.10. The maximum absolute atomic E-state index is 12.5. The van der Waals surface area contributed by atoms with Crippen molar-refractivity contribution in [2.45, 2.75) is 57.6 Å². The van der Waals surface area contributed by atoms with E-state index in [4.69, 9.17) is 0 Å². The van der Waals surface area contributed by atoms with Gasteiger partial charge < -0.3 is 10.3 Å². The minimum absolute atomic E-state index is 0.00249. The second-order valence-electron chi connectivity index (χ2n) is 6.41. The van der Waals surface area contributed by atoms with Gasteiger partial charge in [-0.05, 0) is 37.7 Å². The van der Waals surface area contributed by atoms with E-state index in [1.54, 1.807) is 23.1 Å². The number of hydrogen-bond donors (Lipinski definition) is 2. The van der Waals surface area contributed by atoms with E-state index < -0.39 is 0 Å². The number of amides is 1. The van der Waals surface area contributed by atoms with Crippen molar-refractivity contribution >= 4 is 39.2 Å². The second kappa shape index (κ2) is 8.85. The molecule has 0 bridgehead atoms. The minimum atomic E-state index is -0.00249. The highest BCUT2D eigenvalue weighted by atomic mass is 32.2. The molecule has 0 saturated carbocycles. The lowest BCUT2D eigenvalue weighted by Crippen LogP contribution is -2.24. The Balaban J connectivity index is 1.56. The molecule has 1 aliphatic carbocycles. The molecule has 2 N–H and O–H groups in total. The zero-order valence-corrected chi connectivity index (χ0v) is 16.3. The molecule has 0 unspecified atom stereocenters. The summed E-state index contributed by atoms with van der Waals surface area (Å²) < 4.78 is 0. The first-order chi connectivity index (χ1) is 12.2. The van der Waals surface area contributed by atoms with E-state index in [-0.39, 0.29) is 11.5 Å². The number of thiophene rings is 1. The molecule has 0 saturated heterocycles. The van der Waals surface area contributed by atoms with Crippen LogP contribution in [-0.4, -0.2) is 28.2 Å². The van der Waals surface area contributed by atoms with Crippen molar-refractivity contribution in [1.29, 1.82) is 0 Å². The Morgan fingerprint density at radius 1 is 1.36 bits per heavy atom. The van der Waals surface area contributed by atoms with Gasteiger partial charge in [-0.25, -0.2) is 4.98 Å². The molecule has 0 aromatic carbocycles. The molecule has 1 aliphatic rings. The molecule has 2 aromatic heterocycles. The lowest BCUT2D eigenvalue weighted by Gasteiger charge is -2.09. The number of aromatic nitrogens is 2. The molecule has 2 heterocycles. The predicted molar refractivity (Wildman–Crippen MR) is 106 cm³/mol. The van der Waals surface area contributed by atoms with Crippen LogP contribution in [0, 0.1) is 0 Å². The number of fused-ring (bicyclic) bond motifs is 3. The van der Waals surface area contributed by atoms with Gasteiger partial charge in [-0.3, -0.25) is 9.59 Å². The Morgan fingerprint density at radius 3 is 3.04 bits per heavy atom. The molecule has 5 nitrogen and oxygen atoms in total. The van der Waals surface area contributed by atoms with Gasteiger partial charge in [0.15, 0.2) is 0 Å². The van der Waals surface area contributed by atoms with Crippen LogP contribution in [0.2, 0.25) is 0 Å². The average molecular weight is 380 g/mol. The average Bonchev–Trinajstić information content (AvgIpc) is 2.98. The van der Waals surface area contributed by atoms with Gasteiger partial charge in [0.2, 0.25) is 5.91 Å². The zero-order valence-electron chi connectivity index (χ0n) is 14.7. The summed E-state index contributed by atoms with van der Waals surface area (Å²) in [6.45, 7) is 2.87. The number of nitrogens with one attached hydrogen (secondary N) is 2. The summed E-state index contributed by atoms with van der Waals surface area (Å²) in [6.07, 6.45) is 7.07. The Labute approximate surface area is 156 Å². The van der Waals surface area contributed by atoms with E-state index in [0.29, 0.717) is 18.0 Å². The molecule has 1 amide bonds. The number of H-pyrrole nitrogens is 1. The van der Waals surface area contributed by atoms with Crippen LogP contribution in [0.5, 0.6) is 0 Å². The van der Waals surface area contributed by atoms with Crippen molar-refractivity contribution in [3.8, 4) is 0 Å². The summed E-state index contributed by atoms with van der Waals surface area (Å²) in [5.41, 5.74) is 1.22. The number of rotatable bonds is 8. The van der Waals surface area contributed by atoms with E-state index in [2.05, 4.69) is 22.2 Å². The first kappa shape index (κ1) is 18.5. The van der Waals surface area contributed by atoms with Gasteiger partial charge in [-0.2, -0.15) is 11.8 Å². The molecule has 0 spiro atoms. The number of aryl methyl sites for hydroxylation is 2. The molecule has 0 fully saturated rings. The van der Waals surface area contributed by atoms with Gasteiger partial charge >= 0.3 is 0 Å². The van der Waals surface area contributed by atoms with Crippen LogP contribution < -0.4 is 10.9 Å². The highest BCUT2D eigenvalue weighted by Crippen LogP contribution is 2.33. The van der Waals surface area contributed by atoms with Gasteiger partial charge in [0.25, 0.3) is 5.56 Å². The number of aromatic amines is 1. The SMILES string of the molecule is CCCCNC(=O)CCSCc1nc2sc3c(c2c(=O)[nH]1)CCCC3. The van der Waals surface area contributed by atoms with Crippen LogP contribution in [0.3, 0.4) is 0 Å². The van der Waals surface area contributed by atoms with Gasteiger partial charge in [0.05, 0.1) is 11.1 Å². The van der Waals surface area contributed by atoms with Crippen molar-refractivity contribution in [1.82, 2.24) is 15.3 Å². The van der Waals surface area contributed by atoms with Crippen molar-refractivity contribution in [3.05, 3.63) is 26.6 Å². The van der Waals surface area contributed by atoms with Gasteiger partial charge in [-0.15, -0.1) is 11.3 Å². The quantitative estimate of drug-likeness (QED) is 0.689. The third-order valence-electron chi connectivity index (χ3n) is 4.44. The van der Waals surface area contributed by atoms with E-state index >= 15 is 0 Å². The zero-order chi connectivity index (χ0) is 17.6. The smallest absolute Gasteiger partial charge is 0.259 e. The van der Waals surface area contributed by atoms with Crippen molar-refractivity contribution in [3.63, 3.8) is 0 Å². The Bertz CT molecular complexity index is 797. The summed E-state index contributed by atoms with van der Waals surface area (Å²) in [5.74, 6) is 2.19. The van der Waals surface area contributed by atoms with E-state index in [9.17, 15) is 9.59 Å². The normalized spacial score (nSPS) is 13.8. The summed E-state index contributed by atoms with van der Waals surface area (Å²) >= 11 is 3.32. The molecule has 7 heteroatoms. The fraction of sp³-hybridized carbons (Fsp3) is 0.611. The monoisotopic (exact) mass is 379 g/mol. The molecule has 0 radical (unpaired) electrons. The summed E-state index contributed by atoms with van der Waals surface area (Å²) in [5, 5.41) is 3.73. The fourth-order valence-corrected chi connectivity index (χ4v) is 5.19. The maximum atomic E-state index is 12.5. The number of nitrogens with zero attached hydrogens (tertiary/aromatic N) is 1. The molecular formula is C18H25N3O2S2. The molecular weight excluding hydrogens is 354 g/mol. The number of thioether (sulfide) groups is 1. The van der Waals surface area contributed by atoms with Crippen LogP contribution in [0.15, 0.2) is 4.79 Å². The third kappa shape index (κ3) is 4.64. The summed E-state index contributed by atoms with van der Waals surface area (Å²) in [4.78, 5) is 33.9. The largest absolute Gasteiger partial charge is 0.356 e. The number of carbonyl (C=O) groups excluding carboxylic acids is 1. The summed E-state index contributed by atoms with van der Waals surface area (Å²) in [6, 6.07) is 0. The molecule has 136 valence electrons.